The summed E-state index contributed by atoms with van der Waals surface area (Å²) in [6, 6.07) is 10.9. The van der Waals surface area contributed by atoms with Gasteiger partial charge in [-0.15, -0.1) is 0 Å². The lowest BCUT2D eigenvalue weighted by Gasteiger charge is -2.14. The minimum atomic E-state index is -0.690. The van der Waals surface area contributed by atoms with Crippen LogP contribution in [-0.2, 0) is 38.1 Å². The number of carbonyl (C=O) groups excluding carboxylic acids is 5. The normalized spacial score (nSPS) is 10.0. The molecule has 13 heteroatoms. The number of aromatic amines is 1. The quantitative estimate of drug-likeness (QED) is 0.0382. The summed E-state index contributed by atoms with van der Waals surface area (Å²) in [7, 11) is 4.99. The maximum atomic E-state index is 12.0. The molecule has 0 saturated carbocycles. The highest BCUT2D eigenvalue weighted by molar-refractivity contribution is 6.01. The largest absolute Gasteiger partial charge is 0.466 e. The minimum absolute atomic E-state index is 0.0331. The van der Waals surface area contributed by atoms with E-state index in [9.17, 15) is 28.8 Å². The molecule has 4 aromatic rings. The number of fused-ring (bicyclic) bond motifs is 1. The molecule has 3 aromatic carbocycles. The summed E-state index contributed by atoms with van der Waals surface area (Å²) >= 11 is 0. The Morgan fingerprint density at radius 2 is 1.23 bits per heavy atom. The molecule has 0 radical (unpaired) electrons. The zero-order valence-electron chi connectivity index (χ0n) is 35.2. The number of hydrogen-bond donors (Lipinski definition) is 3. The van der Waals surface area contributed by atoms with Gasteiger partial charge >= 0.3 is 23.9 Å². The van der Waals surface area contributed by atoms with Crippen LogP contribution in [0.15, 0.2) is 53.0 Å². The Morgan fingerprint density at radius 3 is 1.74 bits per heavy atom. The second kappa shape index (κ2) is 22.6. The monoisotopic (exact) mass is 783 g/mol. The Morgan fingerprint density at radius 1 is 0.667 bits per heavy atom. The van der Waals surface area contributed by atoms with Gasteiger partial charge in [0, 0.05) is 35.7 Å². The van der Waals surface area contributed by atoms with Crippen LogP contribution in [0.25, 0.3) is 10.9 Å². The number of H-pyrrole nitrogens is 1. The van der Waals surface area contributed by atoms with Gasteiger partial charge in [-0.25, -0.2) is 19.2 Å². The Kier molecular flexibility index (Phi) is 19.2. The molecule has 0 bridgehead atoms. The minimum Gasteiger partial charge on any atom is -0.466 e. The standard InChI is InChI=1S/C15H19NO4.C14H15NO3.C9H13N.C6H6O3/c1-9-6-7-12(11(3)10(9)2)16-13(15(18)20-5)8-14(17)19-4;1-7-5-10-12(16)6-11(14(17)18-4)15-13(10)9(3)8(7)2;1-6-4-5-9(10)8(3)7(6)2;1-5(7)3-4-6(8)9-2/h6-8,16H,1-5H3;5-6H,1-4H3,(H,15,16);4-5H,10H2,1-3H3;1-2H3/b13-8+;;;. The number of aryl methyl sites for hydroxylation is 4. The molecule has 4 N–H and O–H groups in total. The number of nitrogens with two attached hydrogens (primary N) is 1. The summed E-state index contributed by atoms with van der Waals surface area (Å²) in [5.74, 6) is 1.17. The molecule has 13 nitrogen and oxygen atoms in total. The van der Waals surface area contributed by atoms with Crippen molar-refractivity contribution in [3.05, 3.63) is 114 Å². The molecule has 0 aliphatic rings. The summed E-state index contributed by atoms with van der Waals surface area (Å²) < 4.78 is 17.9. The fraction of sp³-hybridized carbons (Fsp3) is 0.318. The highest BCUT2D eigenvalue weighted by atomic mass is 16.5. The smallest absolute Gasteiger partial charge is 0.384 e. The summed E-state index contributed by atoms with van der Waals surface area (Å²) in [4.78, 5) is 69.7. The van der Waals surface area contributed by atoms with E-state index in [1.54, 1.807) is 0 Å². The summed E-state index contributed by atoms with van der Waals surface area (Å²) in [5.41, 5.74) is 18.3. The van der Waals surface area contributed by atoms with Crippen molar-refractivity contribution in [2.45, 2.75) is 69.2 Å². The van der Waals surface area contributed by atoms with E-state index >= 15 is 0 Å². The lowest BCUT2D eigenvalue weighted by atomic mass is 9.99. The van der Waals surface area contributed by atoms with Gasteiger partial charge in [0.1, 0.15) is 11.4 Å². The molecule has 0 aliphatic carbocycles. The molecule has 4 rings (SSSR count). The van der Waals surface area contributed by atoms with Crippen LogP contribution in [0.5, 0.6) is 0 Å². The van der Waals surface area contributed by atoms with E-state index < -0.39 is 23.9 Å². The zero-order valence-corrected chi connectivity index (χ0v) is 35.2. The molecular formula is C44H53N3O10. The fourth-order valence-corrected chi connectivity index (χ4v) is 4.87. The third-order valence-corrected chi connectivity index (χ3v) is 9.19. The van der Waals surface area contributed by atoms with Gasteiger partial charge in [0.25, 0.3) is 0 Å². The van der Waals surface area contributed by atoms with Crippen LogP contribution in [-0.4, -0.2) is 63.1 Å². The van der Waals surface area contributed by atoms with Gasteiger partial charge in [-0.1, -0.05) is 12.1 Å². The van der Waals surface area contributed by atoms with Crippen LogP contribution in [0, 0.1) is 74.2 Å². The van der Waals surface area contributed by atoms with Crippen molar-refractivity contribution in [3.63, 3.8) is 0 Å². The number of rotatable bonds is 5. The van der Waals surface area contributed by atoms with Crippen molar-refractivity contribution in [1.82, 2.24) is 4.98 Å². The van der Waals surface area contributed by atoms with Gasteiger partial charge in [0.05, 0.1) is 40.0 Å². The second-order valence-corrected chi connectivity index (χ2v) is 12.8. The predicted octanol–water partition coefficient (Wildman–Crippen LogP) is 6.44. The van der Waals surface area contributed by atoms with E-state index in [-0.39, 0.29) is 22.6 Å². The number of pyridine rings is 1. The highest BCUT2D eigenvalue weighted by Gasteiger charge is 2.15. The van der Waals surface area contributed by atoms with Gasteiger partial charge < -0.3 is 35.0 Å². The van der Waals surface area contributed by atoms with Crippen LogP contribution >= 0.6 is 0 Å². The predicted molar refractivity (Wildman–Crippen MR) is 222 cm³/mol. The first kappa shape index (κ1) is 48.3. The highest BCUT2D eigenvalue weighted by Crippen LogP contribution is 2.24. The zero-order chi connectivity index (χ0) is 43.7. The Hall–Kier alpha value is -6.68. The average Bonchev–Trinajstić information content (AvgIpc) is 3.19. The molecule has 0 atom stereocenters. The number of esters is 4. The van der Waals surface area contributed by atoms with E-state index in [2.05, 4.69) is 56.1 Å². The maximum absolute atomic E-state index is 12.0. The van der Waals surface area contributed by atoms with Gasteiger partial charge in [-0.3, -0.25) is 9.59 Å². The fourth-order valence-electron chi connectivity index (χ4n) is 4.87. The van der Waals surface area contributed by atoms with Crippen molar-refractivity contribution >= 4 is 51.9 Å². The van der Waals surface area contributed by atoms with E-state index in [0.717, 1.165) is 50.8 Å². The lowest BCUT2D eigenvalue weighted by molar-refractivity contribution is -0.138. The summed E-state index contributed by atoms with van der Waals surface area (Å²) in [6.07, 6.45) is 1.07. The molecule has 0 saturated heterocycles. The van der Waals surface area contributed by atoms with Gasteiger partial charge in [-0.05, 0) is 137 Å². The molecule has 304 valence electrons. The molecule has 0 unspecified atom stereocenters. The first-order valence-corrected chi connectivity index (χ1v) is 17.5. The lowest BCUT2D eigenvalue weighted by Crippen LogP contribution is -2.16. The van der Waals surface area contributed by atoms with Gasteiger partial charge in [0.15, 0.2) is 5.43 Å². The molecule has 1 heterocycles. The van der Waals surface area contributed by atoms with Crippen LogP contribution in [0.3, 0.4) is 0 Å². The van der Waals surface area contributed by atoms with Crippen LogP contribution in [0.4, 0.5) is 11.4 Å². The number of ketones is 1. The van der Waals surface area contributed by atoms with Crippen molar-refractivity contribution in [2.75, 3.05) is 39.5 Å². The summed E-state index contributed by atoms with van der Waals surface area (Å²) in [5, 5.41) is 3.52. The Bertz CT molecular complexity index is 2280. The van der Waals surface area contributed by atoms with Gasteiger partial charge in [0.2, 0.25) is 5.78 Å². The maximum Gasteiger partial charge on any atom is 0.384 e. The first-order chi connectivity index (χ1) is 26.6. The van der Waals surface area contributed by atoms with Crippen LogP contribution in [0.2, 0.25) is 0 Å². The van der Waals surface area contributed by atoms with Crippen molar-refractivity contribution in [2.24, 2.45) is 0 Å². The molecule has 57 heavy (non-hydrogen) atoms. The number of aromatic nitrogens is 1. The number of methoxy groups -OCH3 is 4. The van der Waals surface area contributed by atoms with Crippen molar-refractivity contribution < 1.29 is 42.9 Å². The molecule has 0 aliphatic heterocycles. The number of Topliss-reactive ketones (excluding diaryl/α,β-unsaturated/α-hetero) is 1. The number of carbonyl (C=O) groups is 5. The van der Waals surface area contributed by atoms with E-state index in [0.29, 0.717) is 10.9 Å². The Labute approximate surface area is 333 Å². The van der Waals surface area contributed by atoms with Crippen LogP contribution in [0.1, 0.15) is 67.5 Å². The molecule has 0 spiro atoms. The second-order valence-electron chi connectivity index (χ2n) is 12.8. The van der Waals surface area contributed by atoms with E-state index in [1.165, 1.54) is 58.1 Å². The summed E-state index contributed by atoms with van der Waals surface area (Å²) in [6.45, 7) is 19.4. The Balaban J connectivity index is 0.000000401. The van der Waals surface area contributed by atoms with Crippen molar-refractivity contribution in [3.8, 4) is 11.8 Å². The van der Waals surface area contributed by atoms with Gasteiger partial charge in [-0.2, -0.15) is 0 Å². The molecule has 0 amide bonds. The number of benzene rings is 3. The van der Waals surface area contributed by atoms with E-state index in [4.69, 9.17) is 5.73 Å². The van der Waals surface area contributed by atoms with E-state index in [1.807, 2.05) is 77.6 Å². The number of anilines is 2. The van der Waals surface area contributed by atoms with Crippen LogP contribution < -0.4 is 16.5 Å². The third kappa shape index (κ3) is 14.2. The topological polar surface area (TPSA) is 193 Å². The number of ether oxygens (including phenoxy) is 4. The number of nitrogens with one attached hydrogen (secondary N) is 2. The third-order valence-electron chi connectivity index (χ3n) is 9.19. The first-order valence-electron chi connectivity index (χ1n) is 17.5. The number of nitrogen functional groups attached to an aromatic ring is 1. The van der Waals surface area contributed by atoms with Crippen molar-refractivity contribution in [1.29, 1.82) is 0 Å². The SMILES string of the molecule is COC(=O)/C=C(/Nc1ccc(C)c(C)c1C)C(=O)OC.COC(=O)C#CC(C)=O.COC(=O)c1cc(=O)c2cc(C)c(C)c(C)c2[nH]1.Cc1ccc(N)c(C)c1C. The average molecular weight is 784 g/mol. The number of hydrogen-bond acceptors (Lipinski definition) is 12. The molecule has 0 fully saturated rings. The molecular weight excluding hydrogens is 730 g/mol. The molecule has 1 aromatic heterocycles.